The second-order valence-corrected chi connectivity index (χ2v) is 8.34. The van der Waals surface area contributed by atoms with Gasteiger partial charge in [0.05, 0.1) is 5.75 Å². The third-order valence-electron chi connectivity index (χ3n) is 3.37. The molecule has 1 unspecified atom stereocenters. The number of hydrogen-bond acceptors (Lipinski definition) is 3. The van der Waals surface area contributed by atoms with Crippen molar-refractivity contribution < 1.29 is 8.42 Å². The number of nitrogens with one attached hydrogen (secondary N) is 1. The van der Waals surface area contributed by atoms with Gasteiger partial charge in [-0.1, -0.05) is 41.9 Å². The third-order valence-corrected chi connectivity index (χ3v) is 5.85. The zero-order chi connectivity index (χ0) is 15.2. The highest BCUT2D eigenvalue weighted by Gasteiger charge is 2.15. The van der Waals surface area contributed by atoms with Crippen molar-refractivity contribution in [2.24, 2.45) is 0 Å². The zero-order valence-corrected chi connectivity index (χ0v) is 14.9. The minimum Gasteiger partial charge on any atom is -0.310 e. The number of rotatable bonds is 8. The fourth-order valence-corrected chi connectivity index (χ4v) is 3.85. The van der Waals surface area contributed by atoms with Gasteiger partial charge in [-0.2, -0.15) is 0 Å². The molecule has 5 heteroatoms. The van der Waals surface area contributed by atoms with Crippen molar-refractivity contribution in [2.45, 2.75) is 39.7 Å². The molecule has 0 bridgehead atoms. The smallest absolute Gasteiger partial charge is 0.150 e. The molecule has 0 saturated heterocycles. The normalized spacial score (nSPS) is 13.4. The van der Waals surface area contributed by atoms with Crippen LogP contribution in [0.1, 0.15) is 43.9 Å². The second kappa shape index (κ2) is 8.15. The number of halogens is 1. The molecule has 0 aliphatic rings. The van der Waals surface area contributed by atoms with E-state index in [2.05, 4.69) is 53.3 Å². The lowest BCUT2D eigenvalue weighted by Crippen LogP contribution is -2.22. The molecule has 0 heterocycles. The van der Waals surface area contributed by atoms with Crippen molar-refractivity contribution in [1.82, 2.24) is 5.32 Å². The second-order valence-electron chi connectivity index (χ2n) is 5.01. The van der Waals surface area contributed by atoms with Crippen molar-refractivity contribution >= 4 is 25.8 Å². The summed E-state index contributed by atoms with van der Waals surface area (Å²) in [6.45, 7) is 6.70. The van der Waals surface area contributed by atoms with Crippen molar-refractivity contribution in [3.8, 4) is 0 Å². The molecule has 1 rings (SSSR count). The van der Waals surface area contributed by atoms with Crippen LogP contribution in [0.3, 0.4) is 0 Å². The lowest BCUT2D eigenvalue weighted by molar-refractivity contribution is 0.505. The van der Waals surface area contributed by atoms with Crippen LogP contribution < -0.4 is 5.32 Å². The van der Waals surface area contributed by atoms with Gasteiger partial charge < -0.3 is 5.32 Å². The Morgan fingerprint density at radius 3 is 2.55 bits per heavy atom. The Balaban J connectivity index is 2.74. The maximum atomic E-state index is 11.6. The molecule has 0 radical (unpaired) electrons. The van der Waals surface area contributed by atoms with Crippen LogP contribution in [0.4, 0.5) is 0 Å². The molecule has 3 nitrogen and oxygen atoms in total. The lowest BCUT2D eigenvalue weighted by atomic mass is 10.0. The van der Waals surface area contributed by atoms with Crippen LogP contribution in [0.25, 0.3) is 0 Å². The molecule has 0 fully saturated rings. The molecule has 0 aromatic heterocycles. The topological polar surface area (TPSA) is 46.2 Å². The van der Waals surface area contributed by atoms with E-state index in [0.29, 0.717) is 6.42 Å². The van der Waals surface area contributed by atoms with Gasteiger partial charge in [-0.25, -0.2) is 8.42 Å². The van der Waals surface area contributed by atoms with E-state index in [-0.39, 0.29) is 17.5 Å². The van der Waals surface area contributed by atoms with Gasteiger partial charge in [-0.3, -0.25) is 0 Å². The van der Waals surface area contributed by atoms with Crippen molar-refractivity contribution in [1.29, 1.82) is 0 Å². The van der Waals surface area contributed by atoms with Crippen molar-refractivity contribution in [3.63, 3.8) is 0 Å². The van der Waals surface area contributed by atoms with Gasteiger partial charge in [0.25, 0.3) is 0 Å². The van der Waals surface area contributed by atoms with Gasteiger partial charge in [-0.05, 0) is 43.5 Å². The first-order valence-electron chi connectivity index (χ1n) is 7.09. The van der Waals surface area contributed by atoms with Gasteiger partial charge in [0.1, 0.15) is 9.84 Å². The third kappa shape index (κ3) is 5.54. The van der Waals surface area contributed by atoms with E-state index in [0.717, 1.165) is 17.4 Å². The molecule has 20 heavy (non-hydrogen) atoms. The molecule has 1 atom stereocenters. The number of hydrogen-bond donors (Lipinski definition) is 1. The summed E-state index contributed by atoms with van der Waals surface area (Å²) in [7, 11) is -2.87. The summed E-state index contributed by atoms with van der Waals surface area (Å²) in [4.78, 5) is 0. The Labute approximate surface area is 131 Å². The summed E-state index contributed by atoms with van der Waals surface area (Å²) in [6, 6.07) is 6.50. The summed E-state index contributed by atoms with van der Waals surface area (Å²) in [5.74, 6) is 0.502. The van der Waals surface area contributed by atoms with Crippen LogP contribution in [-0.2, 0) is 9.84 Å². The number of aryl methyl sites for hydroxylation is 1. The molecular formula is C15H24BrNO2S. The summed E-state index contributed by atoms with van der Waals surface area (Å²) < 4.78 is 24.2. The van der Waals surface area contributed by atoms with E-state index in [9.17, 15) is 8.42 Å². The van der Waals surface area contributed by atoms with E-state index in [1.165, 1.54) is 11.1 Å². The molecule has 114 valence electrons. The predicted octanol–water partition coefficient (Wildman–Crippen LogP) is 3.62. The number of sulfone groups is 1. The Bertz CT molecular complexity index is 529. The standard InChI is InChI=1S/C15H24BrNO2S/c1-4-17-15(7-6-10-20(18,19)5-2)13-9-8-12(3)11-14(13)16/h8-9,11,15,17H,4-7,10H2,1-3H3. The first-order chi connectivity index (χ1) is 9.39. The Hall–Kier alpha value is -0.390. The molecule has 1 aromatic carbocycles. The van der Waals surface area contributed by atoms with Crippen LogP contribution in [-0.4, -0.2) is 26.5 Å². The predicted molar refractivity (Wildman–Crippen MR) is 88.9 cm³/mol. The molecule has 0 aliphatic heterocycles. The highest BCUT2D eigenvalue weighted by Crippen LogP contribution is 2.27. The van der Waals surface area contributed by atoms with E-state index >= 15 is 0 Å². The SMILES string of the molecule is CCNC(CCCS(=O)(=O)CC)c1ccc(C)cc1Br. The van der Waals surface area contributed by atoms with E-state index in [1.54, 1.807) is 6.92 Å². The fraction of sp³-hybridized carbons (Fsp3) is 0.600. The fourth-order valence-electron chi connectivity index (χ4n) is 2.18. The highest BCUT2D eigenvalue weighted by molar-refractivity contribution is 9.10. The Morgan fingerprint density at radius 2 is 2.00 bits per heavy atom. The molecule has 0 amide bonds. The van der Waals surface area contributed by atoms with Crippen molar-refractivity contribution in [2.75, 3.05) is 18.1 Å². The van der Waals surface area contributed by atoms with Gasteiger partial charge in [-0.15, -0.1) is 0 Å². The maximum Gasteiger partial charge on any atom is 0.150 e. The van der Waals surface area contributed by atoms with Crippen molar-refractivity contribution in [3.05, 3.63) is 33.8 Å². The molecule has 1 N–H and O–H groups in total. The quantitative estimate of drug-likeness (QED) is 0.768. The van der Waals surface area contributed by atoms with Crippen LogP contribution >= 0.6 is 15.9 Å². The zero-order valence-electron chi connectivity index (χ0n) is 12.4. The Kier molecular flexibility index (Phi) is 7.20. The van der Waals surface area contributed by atoms with Gasteiger partial charge in [0.15, 0.2) is 0 Å². The summed E-state index contributed by atoms with van der Waals surface area (Å²) in [5, 5.41) is 3.44. The van der Waals surface area contributed by atoms with Gasteiger partial charge >= 0.3 is 0 Å². The molecular weight excluding hydrogens is 338 g/mol. The summed E-state index contributed by atoms with van der Waals surface area (Å²) in [5.41, 5.74) is 2.41. The lowest BCUT2D eigenvalue weighted by Gasteiger charge is -2.20. The van der Waals surface area contributed by atoms with Gasteiger partial charge in [0, 0.05) is 16.3 Å². The summed E-state index contributed by atoms with van der Waals surface area (Å²) in [6.07, 6.45) is 1.52. The minimum absolute atomic E-state index is 0.196. The van der Waals surface area contributed by atoms with Crippen LogP contribution in [0, 0.1) is 6.92 Å². The van der Waals surface area contributed by atoms with E-state index in [1.807, 2.05) is 0 Å². The molecule has 0 saturated carbocycles. The highest BCUT2D eigenvalue weighted by atomic mass is 79.9. The average Bonchev–Trinajstić information content (AvgIpc) is 2.38. The first-order valence-corrected chi connectivity index (χ1v) is 9.71. The monoisotopic (exact) mass is 361 g/mol. The largest absolute Gasteiger partial charge is 0.310 e. The number of benzene rings is 1. The van der Waals surface area contributed by atoms with E-state index < -0.39 is 9.84 Å². The van der Waals surface area contributed by atoms with Crippen LogP contribution in [0.15, 0.2) is 22.7 Å². The molecule has 0 aliphatic carbocycles. The maximum absolute atomic E-state index is 11.6. The molecule has 0 spiro atoms. The molecule has 1 aromatic rings. The van der Waals surface area contributed by atoms with E-state index in [4.69, 9.17) is 0 Å². The van der Waals surface area contributed by atoms with Crippen LogP contribution in [0.5, 0.6) is 0 Å². The minimum atomic E-state index is -2.87. The van der Waals surface area contributed by atoms with Gasteiger partial charge in [0.2, 0.25) is 0 Å². The summed E-state index contributed by atoms with van der Waals surface area (Å²) >= 11 is 3.60. The van der Waals surface area contributed by atoms with Crippen LogP contribution in [0.2, 0.25) is 0 Å². The Morgan fingerprint density at radius 1 is 1.30 bits per heavy atom. The average molecular weight is 362 g/mol. The first kappa shape index (κ1) is 17.7.